The van der Waals surface area contributed by atoms with Gasteiger partial charge in [-0.2, -0.15) is 0 Å². The largest absolute Gasteiger partial charge is 0.312 e. The summed E-state index contributed by atoms with van der Waals surface area (Å²) in [6.07, 6.45) is 3.89. The summed E-state index contributed by atoms with van der Waals surface area (Å²) in [6, 6.07) is 7.81. The van der Waals surface area contributed by atoms with Crippen molar-refractivity contribution in [2.75, 3.05) is 23.0 Å². The van der Waals surface area contributed by atoms with Crippen LogP contribution >= 0.6 is 23.1 Å². The minimum absolute atomic E-state index is 0.0174. The molecule has 0 spiro atoms. The number of thiazole rings is 1. The molecular weight excluding hydrogens is 318 g/mol. The summed E-state index contributed by atoms with van der Waals surface area (Å²) in [7, 11) is 0. The Kier molecular flexibility index (Phi) is 4.44. The lowest BCUT2D eigenvalue weighted by atomic mass is 10.1. The summed E-state index contributed by atoms with van der Waals surface area (Å²) in [6.45, 7) is 0.411. The Balaban J connectivity index is 1.68. The van der Waals surface area contributed by atoms with Crippen LogP contribution in [0.15, 0.2) is 40.7 Å². The average Bonchev–Trinajstić information content (AvgIpc) is 3.17. The molecule has 1 aliphatic heterocycles. The highest BCUT2D eigenvalue weighted by Gasteiger charge is 2.35. The van der Waals surface area contributed by atoms with Gasteiger partial charge in [-0.15, -0.1) is 23.1 Å². The van der Waals surface area contributed by atoms with Crippen LogP contribution in [0.2, 0.25) is 0 Å². The number of carbonyl (C=O) groups excluding carboxylic acids is 2. The maximum absolute atomic E-state index is 12.2. The summed E-state index contributed by atoms with van der Waals surface area (Å²) in [5, 5.41) is 5.13. The molecular formula is C15H15N3O2S2. The van der Waals surface area contributed by atoms with Crippen LogP contribution in [0, 0.1) is 5.92 Å². The van der Waals surface area contributed by atoms with Crippen LogP contribution < -0.4 is 10.2 Å². The maximum atomic E-state index is 12.2. The lowest BCUT2D eigenvalue weighted by Gasteiger charge is -2.16. The number of rotatable bonds is 4. The first-order valence-electron chi connectivity index (χ1n) is 6.82. The van der Waals surface area contributed by atoms with Gasteiger partial charge in [-0.3, -0.25) is 9.59 Å². The molecule has 2 aromatic rings. The van der Waals surface area contributed by atoms with Crippen LogP contribution in [0.1, 0.15) is 6.42 Å². The Morgan fingerprint density at radius 2 is 2.18 bits per heavy atom. The smallest absolute Gasteiger partial charge is 0.231 e. The Morgan fingerprint density at radius 1 is 1.41 bits per heavy atom. The van der Waals surface area contributed by atoms with Crippen molar-refractivity contribution in [2.45, 2.75) is 11.3 Å². The topological polar surface area (TPSA) is 62.3 Å². The van der Waals surface area contributed by atoms with Gasteiger partial charge in [-0.1, -0.05) is 0 Å². The van der Waals surface area contributed by atoms with E-state index in [0.29, 0.717) is 11.7 Å². The fourth-order valence-corrected chi connectivity index (χ4v) is 3.33. The van der Waals surface area contributed by atoms with Crippen molar-refractivity contribution in [1.82, 2.24) is 4.98 Å². The van der Waals surface area contributed by atoms with Gasteiger partial charge in [0.2, 0.25) is 11.8 Å². The van der Waals surface area contributed by atoms with Gasteiger partial charge in [0.25, 0.3) is 0 Å². The van der Waals surface area contributed by atoms with Crippen LogP contribution in [-0.2, 0) is 9.59 Å². The number of carbonyl (C=O) groups is 2. The molecule has 1 atom stereocenters. The summed E-state index contributed by atoms with van der Waals surface area (Å²) >= 11 is 3.02. The molecule has 1 aromatic heterocycles. The predicted octanol–water partition coefficient (Wildman–Crippen LogP) is 2.86. The highest BCUT2D eigenvalue weighted by Crippen LogP contribution is 2.28. The molecule has 1 aliphatic rings. The maximum Gasteiger partial charge on any atom is 0.231 e. The molecule has 1 N–H and O–H groups in total. The fourth-order valence-electron chi connectivity index (χ4n) is 2.39. The molecule has 2 heterocycles. The molecule has 7 heteroatoms. The molecule has 1 saturated heterocycles. The van der Waals surface area contributed by atoms with Crippen LogP contribution in [0.3, 0.4) is 0 Å². The molecule has 1 unspecified atom stereocenters. The van der Waals surface area contributed by atoms with E-state index in [0.717, 1.165) is 10.6 Å². The number of nitrogens with zero attached hydrogens (tertiary/aromatic N) is 2. The third kappa shape index (κ3) is 3.15. The highest BCUT2D eigenvalue weighted by atomic mass is 32.2. The average molecular weight is 333 g/mol. The molecule has 22 heavy (non-hydrogen) atoms. The molecule has 5 nitrogen and oxygen atoms in total. The first-order valence-corrected chi connectivity index (χ1v) is 8.92. The van der Waals surface area contributed by atoms with Crippen molar-refractivity contribution < 1.29 is 9.59 Å². The van der Waals surface area contributed by atoms with Crippen molar-refractivity contribution >= 4 is 45.7 Å². The number of nitrogens with one attached hydrogen (secondary N) is 1. The van der Waals surface area contributed by atoms with Crippen molar-refractivity contribution in [3.8, 4) is 0 Å². The normalized spacial score (nSPS) is 17.8. The van der Waals surface area contributed by atoms with Gasteiger partial charge >= 0.3 is 0 Å². The van der Waals surface area contributed by atoms with Crippen LogP contribution in [0.4, 0.5) is 10.8 Å². The van der Waals surface area contributed by atoms with E-state index in [9.17, 15) is 9.59 Å². The quantitative estimate of drug-likeness (QED) is 0.874. The standard InChI is InChI=1S/C15H15N3O2S2/c1-21-12-4-2-11(3-5-12)18-9-10(8-13(18)19)14(20)17-15-16-6-7-22-15/h2-7,10H,8-9H2,1H3,(H,16,17,20). The van der Waals surface area contributed by atoms with Gasteiger partial charge in [-0.25, -0.2) is 4.98 Å². The van der Waals surface area contributed by atoms with Crippen molar-refractivity contribution in [3.63, 3.8) is 0 Å². The van der Waals surface area contributed by atoms with E-state index in [-0.39, 0.29) is 24.2 Å². The fraction of sp³-hybridized carbons (Fsp3) is 0.267. The monoisotopic (exact) mass is 333 g/mol. The number of benzene rings is 1. The minimum atomic E-state index is -0.336. The third-order valence-electron chi connectivity index (χ3n) is 3.54. The third-order valence-corrected chi connectivity index (χ3v) is 4.97. The molecule has 0 bridgehead atoms. The number of hydrogen-bond acceptors (Lipinski definition) is 5. The van der Waals surface area contributed by atoms with E-state index in [4.69, 9.17) is 0 Å². The first-order chi connectivity index (χ1) is 10.7. The lowest BCUT2D eigenvalue weighted by Crippen LogP contribution is -2.28. The van der Waals surface area contributed by atoms with Crippen molar-refractivity contribution in [1.29, 1.82) is 0 Å². The predicted molar refractivity (Wildman–Crippen MR) is 89.4 cm³/mol. The van der Waals surface area contributed by atoms with E-state index >= 15 is 0 Å². The molecule has 114 valence electrons. The van der Waals surface area contributed by atoms with E-state index in [2.05, 4.69) is 10.3 Å². The van der Waals surface area contributed by atoms with Gasteiger partial charge < -0.3 is 10.2 Å². The van der Waals surface area contributed by atoms with Gasteiger partial charge in [0.15, 0.2) is 5.13 Å². The lowest BCUT2D eigenvalue weighted by molar-refractivity contribution is -0.122. The number of amides is 2. The summed E-state index contributed by atoms with van der Waals surface area (Å²) in [5.41, 5.74) is 0.840. The Hall–Kier alpha value is -1.86. The number of aromatic nitrogens is 1. The second kappa shape index (κ2) is 6.50. The Labute approximate surface area is 136 Å². The number of anilines is 2. The molecule has 1 aromatic carbocycles. The van der Waals surface area contributed by atoms with Gasteiger partial charge in [-0.05, 0) is 30.5 Å². The zero-order valence-electron chi connectivity index (χ0n) is 12.0. The van der Waals surface area contributed by atoms with Crippen LogP contribution in [-0.4, -0.2) is 29.6 Å². The van der Waals surface area contributed by atoms with E-state index < -0.39 is 0 Å². The van der Waals surface area contributed by atoms with Crippen LogP contribution in [0.25, 0.3) is 0 Å². The number of hydrogen-bond donors (Lipinski definition) is 1. The van der Waals surface area contributed by atoms with Gasteiger partial charge in [0, 0.05) is 35.1 Å². The van der Waals surface area contributed by atoms with E-state index in [1.54, 1.807) is 28.2 Å². The molecule has 2 amide bonds. The summed E-state index contributed by atoms with van der Waals surface area (Å²) < 4.78 is 0. The van der Waals surface area contributed by atoms with Crippen molar-refractivity contribution in [3.05, 3.63) is 35.8 Å². The van der Waals surface area contributed by atoms with Crippen molar-refractivity contribution in [2.24, 2.45) is 5.92 Å². The molecule has 0 radical (unpaired) electrons. The summed E-state index contributed by atoms with van der Waals surface area (Å²) in [4.78, 5) is 31.2. The number of thioether (sulfide) groups is 1. The minimum Gasteiger partial charge on any atom is -0.312 e. The second-order valence-electron chi connectivity index (χ2n) is 4.93. The van der Waals surface area contributed by atoms with Gasteiger partial charge in [0.1, 0.15) is 0 Å². The molecule has 0 saturated carbocycles. The van der Waals surface area contributed by atoms with E-state index in [1.807, 2.05) is 30.5 Å². The molecule has 0 aliphatic carbocycles. The second-order valence-corrected chi connectivity index (χ2v) is 6.70. The molecule has 3 rings (SSSR count). The Bertz CT molecular complexity index is 671. The SMILES string of the molecule is CSc1ccc(N2CC(C(=O)Nc3nccs3)CC2=O)cc1. The zero-order valence-corrected chi connectivity index (χ0v) is 13.6. The first kappa shape index (κ1) is 15.1. The van der Waals surface area contributed by atoms with E-state index in [1.165, 1.54) is 11.3 Å². The molecule has 1 fully saturated rings. The zero-order chi connectivity index (χ0) is 15.5. The summed E-state index contributed by atoms with van der Waals surface area (Å²) in [5.74, 6) is -0.501. The highest BCUT2D eigenvalue weighted by molar-refractivity contribution is 7.98. The van der Waals surface area contributed by atoms with Gasteiger partial charge in [0.05, 0.1) is 5.92 Å². The Morgan fingerprint density at radius 3 is 2.82 bits per heavy atom. The van der Waals surface area contributed by atoms with Crippen LogP contribution in [0.5, 0.6) is 0 Å².